The second-order valence-electron chi connectivity index (χ2n) is 3.82. The highest BCUT2D eigenvalue weighted by atomic mass is 19.4. The predicted molar refractivity (Wildman–Crippen MR) is 58.8 cm³/mol. The summed E-state index contributed by atoms with van der Waals surface area (Å²) in [6.45, 7) is 0.760. The zero-order valence-corrected chi connectivity index (χ0v) is 9.27. The van der Waals surface area contributed by atoms with E-state index in [9.17, 15) is 13.2 Å². The zero-order chi connectivity index (χ0) is 12.5. The number of halogens is 3. The van der Waals surface area contributed by atoms with Crippen molar-refractivity contribution in [2.45, 2.75) is 12.6 Å². The van der Waals surface area contributed by atoms with Gasteiger partial charge in [0, 0.05) is 5.39 Å². The molecule has 2 aromatic rings. The van der Waals surface area contributed by atoms with Crippen molar-refractivity contribution in [3.8, 4) is 0 Å². The van der Waals surface area contributed by atoms with E-state index in [0.717, 1.165) is 36.0 Å². The summed E-state index contributed by atoms with van der Waals surface area (Å²) in [6.07, 6.45) is -2.08. The van der Waals surface area contributed by atoms with Gasteiger partial charge in [0.15, 0.2) is 0 Å². The van der Waals surface area contributed by atoms with Gasteiger partial charge in [-0.1, -0.05) is 6.07 Å². The van der Waals surface area contributed by atoms with Crippen molar-refractivity contribution in [3.63, 3.8) is 0 Å². The van der Waals surface area contributed by atoms with E-state index in [1.807, 2.05) is 7.05 Å². The van der Waals surface area contributed by atoms with Gasteiger partial charge in [0.2, 0.25) is 0 Å². The molecule has 1 heterocycles. The third-order valence-corrected chi connectivity index (χ3v) is 2.63. The number of hydrogen-bond acceptors (Lipinski definition) is 2. The van der Waals surface area contributed by atoms with Crippen LogP contribution in [0.15, 0.2) is 28.9 Å². The normalized spacial score (nSPS) is 12.2. The molecule has 92 valence electrons. The van der Waals surface area contributed by atoms with E-state index in [-0.39, 0.29) is 5.58 Å². The fourth-order valence-corrected chi connectivity index (χ4v) is 1.71. The van der Waals surface area contributed by atoms with Gasteiger partial charge in [-0.2, -0.15) is 13.2 Å². The van der Waals surface area contributed by atoms with Crippen LogP contribution in [0.2, 0.25) is 0 Å². The zero-order valence-electron chi connectivity index (χ0n) is 9.27. The molecule has 2 nitrogen and oxygen atoms in total. The van der Waals surface area contributed by atoms with Crippen LogP contribution in [-0.4, -0.2) is 13.6 Å². The Labute approximate surface area is 96.4 Å². The summed E-state index contributed by atoms with van der Waals surface area (Å²) in [7, 11) is 1.82. The average molecular weight is 243 g/mol. The van der Waals surface area contributed by atoms with Crippen LogP contribution in [0.1, 0.15) is 11.1 Å². The molecule has 1 N–H and O–H groups in total. The minimum Gasteiger partial charge on any atom is -0.464 e. The number of rotatable bonds is 3. The average Bonchev–Trinajstić information content (AvgIpc) is 2.67. The van der Waals surface area contributed by atoms with Crippen molar-refractivity contribution >= 4 is 11.0 Å². The lowest BCUT2D eigenvalue weighted by Crippen LogP contribution is -2.09. The Bertz CT molecular complexity index is 516. The summed E-state index contributed by atoms with van der Waals surface area (Å²) >= 11 is 0. The molecule has 0 amide bonds. The SMILES string of the molecule is CNCCc1coc2cc(C(F)(F)F)ccc12. The predicted octanol–water partition coefficient (Wildman–Crippen LogP) is 3.21. The highest BCUT2D eigenvalue weighted by Crippen LogP contribution is 2.32. The van der Waals surface area contributed by atoms with Crippen LogP contribution in [-0.2, 0) is 12.6 Å². The Balaban J connectivity index is 2.38. The van der Waals surface area contributed by atoms with Crippen LogP contribution < -0.4 is 5.32 Å². The maximum Gasteiger partial charge on any atom is 0.416 e. The van der Waals surface area contributed by atoms with Gasteiger partial charge >= 0.3 is 6.18 Å². The van der Waals surface area contributed by atoms with E-state index in [1.165, 1.54) is 12.3 Å². The van der Waals surface area contributed by atoms with Crippen molar-refractivity contribution in [2.24, 2.45) is 0 Å². The van der Waals surface area contributed by atoms with Gasteiger partial charge < -0.3 is 9.73 Å². The number of benzene rings is 1. The molecule has 0 aliphatic carbocycles. The lowest BCUT2D eigenvalue weighted by atomic mass is 10.1. The summed E-state index contributed by atoms with van der Waals surface area (Å²) in [6, 6.07) is 3.59. The van der Waals surface area contributed by atoms with E-state index in [0.29, 0.717) is 0 Å². The summed E-state index contributed by atoms with van der Waals surface area (Å²) < 4.78 is 42.6. The first-order chi connectivity index (χ1) is 8.02. The van der Waals surface area contributed by atoms with Gasteiger partial charge in [0.25, 0.3) is 0 Å². The van der Waals surface area contributed by atoms with Crippen molar-refractivity contribution in [1.29, 1.82) is 0 Å². The van der Waals surface area contributed by atoms with Gasteiger partial charge in [-0.25, -0.2) is 0 Å². The lowest BCUT2D eigenvalue weighted by Gasteiger charge is -2.05. The van der Waals surface area contributed by atoms with E-state index in [1.54, 1.807) is 0 Å². The molecule has 0 fully saturated rings. The molecule has 2 rings (SSSR count). The molecule has 0 aliphatic heterocycles. The van der Waals surface area contributed by atoms with Crippen LogP contribution in [0.25, 0.3) is 11.0 Å². The molecule has 17 heavy (non-hydrogen) atoms. The Hall–Kier alpha value is -1.49. The smallest absolute Gasteiger partial charge is 0.416 e. The topological polar surface area (TPSA) is 25.2 Å². The van der Waals surface area contributed by atoms with Crippen LogP contribution >= 0.6 is 0 Å². The number of nitrogens with one attached hydrogen (secondary N) is 1. The second-order valence-corrected chi connectivity index (χ2v) is 3.82. The molecule has 1 aromatic heterocycles. The number of alkyl halides is 3. The van der Waals surface area contributed by atoms with Crippen LogP contribution in [0, 0.1) is 0 Å². The lowest BCUT2D eigenvalue weighted by molar-refractivity contribution is -0.137. The van der Waals surface area contributed by atoms with E-state index in [4.69, 9.17) is 4.42 Å². The number of fused-ring (bicyclic) bond motifs is 1. The molecule has 0 radical (unpaired) electrons. The third-order valence-electron chi connectivity index (χ3n) is 2.63. The number of hydrogen-bond donors (Lipinski definition) is 1. The number of furan rings is 1. The standard InChI is InChI=1S/C12H12F3NO/c1-16-5-4-8-7-17-11-6-9(12(13,14)15)2-3-10(8)11/h2-3,6-7,16H,4-5H2,1H3. The molecule has 0 unspecified atom stereocenters. The van der Waals surface area contributed by atoms with Crippen LogP contribution in [0.3, 0.4) is 0 Å². The van der Waals surface area contributed by atoms with Crippen molar-refractivity contribution in [2.75, 3.05) is 13.6 Å². The Morgan fingerprint density at radius 2 is 2.06 bits per heavy atom. The van der Waals surface area contributed by atoms with Gasteiger partial charge in [-0.15, -0.1) is 0 Å². The quantitative estimate of drug-likeness (QED) is 0.895. The first kappa shape index (κ1) is 12.0. The van der Waals surface area contributed by atoms with Crippen LogP contribution in [0.5, 0.6) is 0 Å². The molecule has 0 saturated heterocycles. The number of likely N-dealkylation sites (N-methyl/N-ethyl adjacent to an activating group) is 1. The Morgan fingerprint density at radius 3 is 2.71 bits per heavy atom. The third kappa shape index (κ3) is 2.44. The minimum absolute atomic E-state index is 0.283. The fourth-order valence-electron chi connectivity index (χ4n) is 1.71. The molecular weight excluding hydrogens is 231 g/mol. The minimum atomic E-state index is -4.33. The molecule has 0 bridgehead atoms. The maximum atomic E-state index is 12.5. The largest absolute Gasteiger partial charge is 0.464 e. The van der Waals surface area contributed by atoms with Crippen molar-refractivity contribution < 1.29 is 17.6 Å². The van der Waals surface area contributed by atoms with Crippen LogP contribution in [0.4, 0.5) is 13.2 Å². The summed E-state index contributed by atoms with van der Waals surface area (Å²) in [5, 5.41) is 3.73. The Morgan fingerprint density at radius 1 is 1.29 bits per heavy atom. The monoisotopic (exact) mass is 243 g/mol. The maximum absolute atomic E-state index is 12.5. The highest BCUT2D eigenvalue weighted by Gasteiger charge is 2.30. The van der Waals surface area contributed by atoms with E-state index < -0.39 is 11.7 Å². The van der Waals surface area contributed by atoms with Gasteiger partial charge in [-0.3, -0.25) is 0 Å². The fraction of sp³-hybridized carbons (Fsp3) is 0.333. The first-order valence-electron chi connectivity index (χ1n) is 5.24. The summed E-state index contributed by atoms with van der Waals surface area (Å²) in [4.78, 5) is 0. The van der Waals surface area contributed by atoms with Gasteiger partial charge in [0.05, 0.1) is 11.8 Å². The summed E-state index contributed by atoms with van der Waals surface area (Å²) in [5.41, 5.74) is 0.522. The molecule has 0 atom stereocenters. The Kier molecular flexibility index (Phi) is 3.11. The highest BCUT2D eigenvalue weighted by molar-refractivity contribution is 5.81. The molecule has 0 spiro atoms. The summed E-state index contributed by atoms with van der Waals surface area (Å²) in [5.74, 6) is 0. The van der Waals surface area contributed by atoms with E-state index >= 15 is 0 Å². The van der Waals surface area contributed by atoms with Crippen molar-refractivity contribution in [1.82, 2.24) is 5.32 Å². The molecule has 1 aromatic carbocycles. The van der Waals surface area contributed by atoms with Gasteiger partial charge in [-0.05, 0) is 37.7 Å². The second kappa shape index (κ2) is 4.41. The van der Waals surface area contributed by atoms with Gasteiger partial charge in [0.1, 0.15) is 5.58 Å². The first-order valence-corrected chi connectivity index (χ1v) is 5.24. The van der Waals surface area contributed by atoms with Crippen molar-refractivity contribution in [3.05, 3.63) is 35.6 Å². The van der Waals surface area contributed by atoms with E-state index in [2.05, 4.69) is 5.32 Å². The molecule has 0 saturated carbocycles. The molecule has 5 heteroatoms. The molecule has 0 aliphatic rings. The molecular formula is C12H12F3NO.